The summed E-state index contributed by atoms with van der Waals surface area (Å²) in [7, 11) is 0. The van der Waals surface area contributed by atoms with Crippen molar-refractivity contribution >= 4 is 5.78 Å². The first kappa shape index (κ1) is 21.3. The maximum absolute atomic E-state index is 14.0. The molecule has 4 rings (SSSR count). The molecule has 0 N–H and O–H groups in total. The Bertz CT molecular complexity index is 848. The molecule has 2 fully saturated rings. The van der Waals surface area contributed by atoms with Gasteiger partial charge in [0.1, 0.15) is 0 Å². The first-order valence-electron chi connectivity index (χ1n) is 12.2. The number of carbonyl (C=O) groups excluding carboxylic acids is 1. The fraction of sp³-hybridized carbons (Fsp3) is 0.552. The molecule has 0 heterocycles. The minimum Gasteiger partial charge on any atom is -0.289 e. The van der Waals surface area contributed by atoms with Crippen LogP contribution in [0.3, 0.4) is 0 Å². The van der Waals surface area contributed by atoms with Crippen molar-refractivity contribution in [3.8, 4) is 0 Å². The first-order valence-corrected chi connectivity index (χ1v) is 12.2. The van der Waals surface area contributed by atoms with Crippen molar-refractivity contribution < 1.29 is 4.79 Å². The number of hydrogen-bond donors (Lipinski definition) is 0. The highest BCUT2D eigenvalue weighted by atomic mass is 16.1. The van der Waals surface area contributed by atoms with Gasteiger partial charge in [-0.15, -0.1) is 0 Å². The summed E-state index contributed by atoms with van der Waals surface area (Å²) in [5.41, 5.74) is 9.47. The van der Waals surface area contributed by atoms with E-state index in [1.165, 1.54) is 86.5 Å². The lowest BCUT2D eigenvalue weighted by Gasteiger charge is -2.27. The molecule has 0 bridgehead atoms. The fourth-order valence-electron chi connectivity index (χ4n) is 6.26. The van der Waals surface area contributed by atoms with Gasteiger partial charge in [0.25, 0.3) is 0 Å². The Morgan fingerprint density at radius 3 is 1.33 bits per heavy atom. The van der Waals surface area contributed by atoms with E-state index >= 15 is 0 Å². The van der Waals surface area contributed by atoms with E-state index in [1.54, 1.807) is 0 Å². The van der Waals surface area contributed by atoms with Crippen molar-refractivity contribution in [2.45, 2.75) is 104 Å². The molecule has 0 amide bonds. The average molecular weight is 403 g/mol. The molecule has 0 saturated heterocycles. The Kier molecular flexibility index (Phi) is 6.46. The highest BCUT2D eigenvalue weighted by Crippen LogP contribution is 2.39. The maximum Gasteiger partial charge on any atom is 0.194 e. The second-order valence-electron chi connectivity index (χ2n) is 9.94. The van der Waals surface area contributed by atoms with Crippen LogP contribution in [0, 0.1) is 27.7 Å². The third-order valence-corrected chi connectivity index (χ3v) is 7.97. The van der Waals surface area contributed by atoms with E-state index in [4.69, 9.17) is 0 Å². The lowest BCUT2D eigenvalue weighted by atomic mass is 9.77. The van der Waals surface area contributed by atoms with Crippen LogP contribution >= 0.6 is 0 Å². The Morgan fingerprint density at radius 2 is 0.967 bits per heavy atom. The van der Waals surface area contributed by atoms with Gasteiger partial charge in [0.05, 0.1) is 0 Å². The largest absolute Gasteiger partial charge is 0.289 e. The zero-order valence-electron chi connectivity index (χ0n) is 19.4. The molecule has 0 unspecified atom stereocenters. The van der Waals surface area contributed by atoms with Gasteiger partial charge in [-0.2, -0.15) is 0 Å². The zero-order valence-corrected chi connectivity index (χ0v) is 19.4. The molecule has 160 valence electrons. The molecule has 2 aliphatic rings. The van der Waals surface area contributed by atoms with Gasteiger partial charge in [-0.1, -0.05) is 62.8 Å². The standard InChI is InChI=1S/C29H38O/c1-19-15-17-25(23-11-7-5-8-12-23)21(3)27(19)29(30)28-20(2)16-18-26(22(28)4)24-13-9-6-10-14-24/h15-18,23-24H,5-14H2,1-4H3. The van der Waals surface area contributed by atoms with Crippen LogP contribution in [0.5, 0.6) is 0 Å². The van der Waals surface area contributed by atoms with Crippen LogP contribution in [0.1, 0.15) is 125 Å². The van der Waals surface area contributed by atoms with Gasteiger partial charge in [0.2, 0.25) is 0 Å². The van der Waals surface area contributed by atoms with Gasteiger partial charge >= 0.3 is 0 Å². The summed E-state index contributed by atoms with van der Waals surface area (Å²) in [5.74, 6) is 1.50. The average Bonchev–Trinajstić information content (AvgIpc) is 2.75. The van der Waals surface area contributed by atoms with E-state index in [9.17, 15) is 4.79 Å². The molecule has 0 atom stereocenters. The van der Waals surface area contributed by atoms with Gasteiger partial charge in [0.15, 0.2) is 5.78 Å². The number of aryl methyl sites for hydroxylation is 2. The normalized spacial score (nSPS) is 18.5. The molecule has 2 aliphatic carbocycles. The summed E-state index contributed by atoms with van der Waals surface area (Å²) in [5, 5.41) is 0. The van der Waals surface area contributed by atoms with E-state index in [-0.39, 0.29) is 5.78 Å². The van der Waals surface area contributed by atoms with Crippen LogP contribution in [0.15, 0.2) is 24.3 Å². The van der Waals surface area contributed by atoms with E-state index < -0.39 is 0 Å². The van der Waals surface area contributed by atoms with Crippen molar-refractivity contribution in [2.75, 3.05) is 0 Å². The molecule has 0 spiro atoms. The molecule has 1 heteroatoms. The van der Waals surface area contributed by atoms with Crippen LogP contribution in [0.2, 0.25) is 0 Å². The maximum atomic E-state index is 14.0. The predicted octanol–water partition coefficient (Wildman–Crippen LogP) is 8.25. The fourth-order valence-corrected chi connectivity index (χ4v) is 6.26. The topological polar surface area (TPSA) is 17.1 Å². The molecule has 2 saturated carbocycles. The van der Waals surface area contributed by atoms with Crippen LogP contribution < -0.4 is 0 Å². The third-order valence-electron chi connectivity index (χ3n) is 7.97. The van der Waals surface area contributed by atoms with Gasteiger partial charge < -0.3 is 0 Å². The molecule has 2 aromatic carbocycles. The van der Waals surface area contributed by atoms with Crippen molar-refractivity contribution in [3.05, 3.63) is 68.8 Å². The third kappa shape index (κ3) is 4.01. The van der Waals surface area contributed by atoms with Crippen molar-refractivity contribution in [1.82, 2.24) is 0 Å². The SMILES string of the molecule is Cc1ccc(C2CCCCC2)c(C)c1C(=O)c1c(C)ccc(C2CCCCC2)c1C. The highest BCUT2D eigenvalue weighted by Gasteiger charge is 2.26. The first-order chi connectivity index (χ1) is 14.5. The molecule has 30 heavy (non-hydrogen) atoms. The van der Waals surface area contributed by atoms with Crippen molar-refractivity contribution in [3.63, 3.8) is 0 Å². The number of benzene rings is 2. The monoisotopic (exact) mass is 402 g/mol. The second-order valence-corrected chi connectivity index (χ2v) is 9.94. The van der Waals surface area contributed by atoms with Crippen LogP contribution in [-0.4, -0.2) is 5.78 Å². The quantitative estimate of drug-likeness (QED) is 0.470. The Balaban J connectivity index is 1.76. The molecule has 2 aromatic rings. The summed E-state index contributed by atoms with van der Waals surface area (Å²) in [6, 6.07) is 8.99. The van der Waals surface area contributed by atoms with Gasteiger partial charge in [-0.05, 0) is 98.6 Å². The molecular weight excluding hydrogens is 364 g/mol. The van der Waals surface area contributed by atoms with Gasteiger partial charge in [-0.3, -0.25) is 4.79 Å². The number of carbonyl (C=O) groups is 1. The van der Waals surface area contributed by atoms with Gasteiger partial charge in [-0.25, -0.2) is 0 Å². The summed E-state index contributed by atoms with van der Waals surface area (Å²) in [6.45, 7) is 8.61. The van der Waals surface area contributed by atoms with Crippen LogP contribution in [0.4, 0.5) is 0 Å². The van der Waals surface area contributed by atoms with E-state index in [0.29, 0.717) is 11.8 Å². The van der Waals surface area contributed by atoms with Crippen molar-refractivity contribution in [2.24, 2.45) is 0 Å². The minimum atomic E-state index is 0.246. The summed E-state index contributed by atoms with van der Waals surface area (Å²) >= 11 is 0. The highest BCUT2D eigenvalue weighted by molar-refractivity contribution is 6.12. The number of rotatable bonds is 4. The minimum absolute atomic E-state index is 0.246. The summed E-state index contributed by atoms with van der Waals surface area (Å²) < 4.78 is 0. The Morgan fingerprint density at radius 1 is 0.600 bits per heavy atom. The summed E-state index contributed by atoms with van der Waals surface area (Å²) in [4.78, 5) is 14.0. The molecule has 0 aromatic heterocycles. The van der Waals surface area contributed by atoms with Crippen LogP contribution in [0.25, 0.3) is 0 Å². The number of hydrogen-bond acceptors (Lipinski definition) is 1. The lowest BCUT2D eigenvalue weighted by Crippen LogP contribution is -2.16. The molecular formula is C29H38O. The van der Waals surface area contributed by atoms with E-state index in [2.05, 4.69) is 52.0 Å². The van der Waals surface area contributed by atoms with E-state index in [1.807, 2.05) is 0 Å². The Labute approximate surface area is 183 Å². The zero-order chi connectivity index (χ0) is 21.3. The van der Waals surface area contributed by atoms with E-state index in [0.717, 1.165) is 22.3 Å². The van der Waals surface area contributed by atoms with Crippen molar-refractivity contribution in [1.29, 1.82) is 0 Å². The molecule has 0 radical (unpaired) electrons. The van der Waals surface area contributed by atoms with Crippen LogP contribution in [-0.2, 0) is 0 Å². The Hall–Kier alpha value is -1.89. The lowest BCUT2D eigenvalue weighted by molar-refractivity contribution is 0.103. The van der Waals surface area contributed by atoms with Gasteiger partial charge in [0, 0.05) is 11.1 Å². The second kappa shape index (κ2) is 9.08. The molecule has 0 aliphatic heterocycles. The number of ketones is 1. The molecule has 1 nitrogen and oxygen atoms in total. The predicted molar refractivity (Wildman–Crippen MR) is 127 cm³/mol. The summed E-state index contributed by atoms with van der Waals surface area (Å²) in [6.07, 6.45) is 13.1. The smallest absolute Gasteiger partial charge is 0.194 e.